The third-order valence-electron chi connectivity index (χ3n) is 1.96. The van der Waals surface area contributed by atoms with Crippen LogP contribution in [0.5, 0.6) is 0 Å². The molecule has 0 N–H and O–H groups in total. The van der Waals surface area contributed by atoms with Crippen LogP contribution >= 0.6 is 0 Å². The molecule has 0 bridgehead atoms. The van der Waals surface area contributed by atoms with Crippen molar-refractivity contribution in [1.82, 2.24) is 0 Å². The standard InChI is InChI=1S/C12H12F/c1-4-9(3)11-8-6-7-10(5-2)12(11)13/h4-9H,1-3H2. The van der Waals surface area contributed by atoms with Crippen molar-refractivity contribution in [3.63, 3.8) is 0 Å². The summed E-state index contributed by atoms with van der Waals surface area (Å²) < 4.78 is 13.6. The first-order valence-electron chi connectivity index (χ1n) is 4.07. The maximum absolute atomic E-state index is 13.6. The van der Waals surface area contributed by atoms with E-state index in [0.29, 0.717) is 11.1 Å². The highest BCUT2D eigenvalue weighted by molar-refractivity contribution is 5.50. The average Bonchev–Trinajstić information content (AvgIpc) is 2.17. The van der Waals surface area contributed by atoms with E-state index in [4.69, 9.17) is 0 Å². The van der Waals surface area contributed by atoms with Crippen molar-refractivity contribution in [3.05, 3.63) is 61.3 Å². The molecule has 67 valence electrons. The predicted octanol–water partition coefficient (Wildman–Crippen LogP) is 3.57. The van der Waals surface area contributed by atoms with E-state index in [9.17, 15) is 4.39 Å². The normalized spacial score (nSPS) is 12.2. The fourth-order valence-electron chi connectivity index (χ4n) is 1.14. The zero-order chi connectivity index (χ0) is 9.84. The molecule has 1 aromatic carbocycles. The lowest BCUT2D eigenvalue weighted by molar-refractivity contribution is 0.607. The molecule has 0 saturated heterocycles. The molecule has 1 rings (SSSR count). The second-order valence-electron chi connectivity index (χ2n) is 2.80. The first-order valence-corrected chi connectivity index (χ1v) is 4.07. The molecule has 0 amide bonds. The summed E-state index contributed by atoms with van der Waals surface area (Å²) in [5.41, 5.74) is 1.07. The molecule has 1 atom stereocenters. The van der Waals surface area contributed by atoms with Gasteiger partial charge in [-0.05, 0) is 12.5 Å². The Morgan fingerprint density at radius 3 is 2.54 bits per heavy atom. The summed E-state index contributed by atoms with van der Waals surface area (Å²) in [4.78, 5) is 0. The van der Waals surface area contributed by atoms with Gasteiger partial charge in [0.25, 0.3) is 0 Å². The van der Waals surface area contributed by atoms with E-state index in [0.717, 1.165) is 0 Å². The molecule has 0 saturated carbocycles. The topological polar surface area (TPSA) is 0 Å². The van der Waals surface area contributed by atoms with Crippen LogP contribution in [-0.2, 0) is 0 Å². The van der Waals surface area contributed by atoms with Crippen LogP contribution in [0.15, 0.2) is 37.4 Å². The van der Waals surface area contributed by atoms with Crippen LogP contribution in [0.2, 0.25) is 0 Å². The van der Waals surface area contributed by atoms with Crippen molar-refractivity contribution in [2.24, 2.45) is 0 Å². The van der Waals surface area contributed by atoms with Crippen molar-refractivity contribution in [1.29, 1.82) is 0 Å². The lowest BCUT2D eigenvalue weighted by Gasteiger charge is -2.08. The van der Waals surface area contributed by atoms with Crippen LogP contribution in [0.1, 0.15) is 17.0 Å². The molecule has 13 heavy (non-hydrogen) atoms. The van der Waals surface area contributed by atoms with E-state index in [1.807, 2.05) is 0 Å². The minimum absolute atomic E-state index is 0.208. The van der Waals surface area contributed by atoms with Crippen molar-refractivity contribution in [2.45, 2.75) is 5.92 Å². The first-order chi connectivity index (χ1) is 6.20. The fourth-order valence-corrected chi connectivity index (χ4v) is 1.14. The molecule has 1 heteroatoms. The number of allylic oxidation sites excluding steroid dienone is 1. The third-order valence-corrected chi connectivity index (χ3v) is 1.96. The molecule has 0 aliphatic carbocycles. The Kier molecular flexibility index (Phi) is 3.02. The highest BCUT2D eigenvalue weighted by Crippen LogP contribution is 2.22. The molecule has 1 aromatic rings. The molecule has 0 aliphatic rings. The molecule has 0 aromatic heterocycles. The number of halogens is 1. The molecular weight excluding hydrogens is 163 g/mol. The number of hydrogen-bond donors (Lipinski definition) is 0. The van der Waals surface area contributed by atoms with Gasteiger partial charge in [-0.25, -0.2) is 4.39 Å². The molecular formula is C12H12F. The lowest BCUT2D eigenvalue weighted by atomic mass is 9.98. The van der Waals surface area contributed by atoms with Gasteiger partial charge < -0.3 is 0 Å². The summed E-state index contributed by atoms with van der Waals surface area (Å²) in [5.74, 6) is -0.461. The van der Waals surface area contributed by atoms with Gasteiger partial charge in [0.05, 0.1) is 0 Å². The smallest absolute Gasteiger partial charge is 0.134 e. The lowest BCUT2D eigenvalue weighted by Crippen LogP contribution is -1.96. The largest absolute Gasteiger partial charge is 0.206 e. The van der Waals surface area contributed by atoms with Gasteiger partial charge >= 0.3 is 0 Å². The fraction of sp³-hybridized carbons (Fsp3) is 0.0833. The van der Waals surface area contributed by atoms with Crippen LogP contribution < -0.4 is 0 Å². The minimum Gasteiger partial charge on any atom is -0.206 e. The summed E-state index contributed by atoms with van der Waals surface area (Å²) in [6, 6.07) is 5.18. The second kappa shape index (κ2) is 4.04. The summed E-state index contributed by atoms with van der Waals surface area (Å²) in [7, 11) is 0. The number of benzene rings is 1. The molecule has 1 unspecified atom stereocenters. The van der Waals surface area contributed by atoms with Gasteiger partial charge in [0.15, 0.2) is 0 Å². The van der Waals surface area contributed by atoms with Crippen molar-refractivity contribution < 1.29 is 4.39 Å². The first kappa shape index (κ1) is 9.72. The molecule has 0 nitrogen and oxygen atoms in total. The Morgan fingerprint density at radius 1 is 1.31 bits per heavy atom. The van der Waals surface area contributed by atoms with Crippen molar-refractivity contribution in [3.8, 4) is 0 Å². The second-order valence-corrected chi connectivity index (χ2v) is 2.80. The van der Waals surface area contributed by atoms with Crippen LogP contribution in [0.25, 0.3) is 6.08 Å². The van der Waals surface area contributed by atoms with E-state index < -0.39 is 0 Å². The predicted molar refractivity (Wildman–Crippen MR) is 54.8 cm³/mol. The van der Waals surface area contributed by atoms with Gasteiger partial charge in [0.1, 0.15) is 5.82 Å². The van der Waals surface area contributed by atoms with Crippen molar-refractivity contribution >= 4 is 6.08 Å². The SMILES string of the molecule is [CH2]C(C=C)c1cccc(C=C)c1F. The number of rotatable bonds is 3. The molecule has 0 heterocycles. The summed E-state index contributed by atoms with van der Waals surface area (Å²) in [6.07, 6.45) is 3.11. The van der Waals surface area contributed by atoms with Gasteiger partial charge in [-0.2, -0.15) is 0 Å². The van der Waals surface area contributed by atoms with E-state index in [-0.39, 0.29) is 11.7 Å². The molecule has 1 radical (unpaired) electrons. The molecule has 0 fully saturated rings. The van der Waals surface area contributed by atoms with Gasteiger partial charge in [-0.3, -0.25) is 0 Å². The maximum atomic E-state index is 13.6. The summed E-state index contributed by atoms with van der Waals surface area (Å²) in [5, 5.41) is 0. The van der Waals surface area contributed by atoms with Crippen LogP contribution in [0, 0.1) is 12.7 Å². The van der Waals surface area contributed by atoms with Crippen LogP contribution in [0.4, 0.5) is 4.39 Å². The Labute approximate surface area is 78.4 Å². The maximum Gasteiger partial charge on any atom is 0.134 e. The zero-order valence-electron chi connectivity index (χ0n) is 7.46. The average molecular weight is 175 g/mol. The third kappa shape index (κ3) is 1.86. The molecule has 0 spiro atoms. The van der Waals surface area contributed by atoms with Crippen LogP contribution in [0.3, 0.4) is 0 Å². The summed E-state index contributed by atoms with van der Waals surface area (Å²) in [6.45, 7) is 10.9. The quantitative estimate of drug-likeness (QED) is 0.616. The molecule has 0 aliphatic heterocycles. The van der Waals surface area contributed by atoms with Crippen LogP contribution in [-0.4, -0.2) is 0 Å². The Balaban J connectivity index is 3.22. The minimum atomic E-state index is -0.252. The van der Waals surface area contributed by atoms with Gasteiger partial charge in [-0.15, -0.1) is 6.58 Å². The Morgan fingerprint density at radius 2 is 2.00 bits per heavy atom. The highest BCUT2D eigenvalue weighted by atomic mass is 19.1. The van der Waals surface area contributed by atoms with Gasteiger partial charge in [-0.1, -0.05) is 36.9 Å². The van der Waals surface area contributed by atoms with E-state index >= 15 is 0 Å². The highest BCUT2D eigenvalue weighted by Gasteiger charge is 2.09. The monoisotopic (exact) mass is 175 g/mol. The Bertz CT molecular complexity index is 326. The Hall–Kier alpha value is -1.37. The van der Waals surface area contributed by atoms with E-state index in [2.05, 4.69) is 20.1 Å². The zero-order valence-corrected chi connectivity index (χ0v) is 7.46. The number of hydrogen-bond acceptors (Lipinski definition) is 0. The van der Waals surface area contributed by atoms with Gasteiger partial charge in [0.2, 0.25) is 0 Å². The van der Waals surface area contributed by atoms with Crippen molar-refractivity contribution in [2.75, 3.05) is 0 Å². The summed E-state index contributed by atoms with van der Waals surface area (Å²) >= 11 is 0. The van der Waals surface area contributed by atoms with E-state index in [1.54, 1.807) is 24.3 Å². The van der Waals surface area contributed by atoms with Gasteiger partial charge in [0, 0.05) is 11.5 Å². The van der Waals surface area contributed by atoms with E-state index in [1.165, 1.54) is 6.08 Å².